The van der Waals surface area contributed by atoms with Crippen LogP contribution in [0.1, 0.15) is 5.56 Å². The van der Waals surface area contributed by atoms with Gasteiger partial charge in [0, 0.05) is 6.54 Å². The third-order valence-electron chi connectivity index (χ3n) is 2.07. The molecule has 1 aromatic rings. The number of hydrogen-bond donors (Lipinski definition) is 0. The van der Waals surface area contributed by atoms with E-state index in [4.69, 9.17) is 10.00 Å². The second-order valence-corrected chi connectivity index (χ2v) is 3.56. The summed E-state index contributed by atoms with van der Waals surface area (Å²) in [7, 11) is 1.91. The van der Waals surface area contributed by atoms with Gasteiger partial charge in [0.1, 0.15) is 12.4 Å². The van der Waals surface area contributed by atoms with E-state index >= 15 is 0 Å². The van der Waals surface area contributed by atoms with Gasteiger partial charge in [0.15, 0.2) is 0 Å². The van der Waals surface area contributed by atoms with Crippen molar-refractivity contribution < 1.29 is 4.74 Å². The Balaban J connectivity index is 2.29. The third kappa shape index (κ3) is 4.48. The fourth-order valence-electron chi connectivity index (χ4n) is 1.22. The van der Waals surface area contributed by atoms with E-state index in [2.05, 4.69) is 6.07 Å². The molecule has 0 aliphatic rings. The van der Waals surface area contributed by atoms with Gasteiger partial charge in [-0.1, -0.05) is 12.1 Å². The average Bonchev–Trinajstić information content (AvgIpc) is 2.18. The minimum atomic E-state index is 0.442. The number of hydrogen-bond acceptors (Lipinski definition) is 3. The molecule has 0 spiro atoms. The van der Waals surface area contributed by atoms with Gasteiger partial charge in [0.2, 0.25) is 0 Å². The molecule has 3 heteroatoms. The fraction of sp³-hybridized carbons (Fsp3) is 0.417. The topological polar surface area (TPSA) is 36.3 Å². The Labute approximate surface area is 90.9 Å². The molecule has 0 saturated heterocycles. The van der Waals surface area contributed by atoms with Crippen LogP contribution in [0.4, 0.5) is 0 Å². The zero-order chi connectivity index (χ0) is 11.1. The molecule has 1 aromatic carbocycles. The van der Waals surface area contributed by atoms with E-state index in [1.165, 1.54) is 5.56 Å². The molecule has 0 heterocycles. The lowest BCUT2D eigenvalue weighted by Gasteiger charge is -2.13. The number of benzene rings is 1. The van der Waals surface area contributed by atoms with Crippen LogP contribution in [-0.2, 0) is 0 Å². The minimum absolute atomic E-state index is 0.442. The van der Waals surface area contributed by atoms with Crippen LogP contribution < -0.4 is 4.74 Å². The van der Waals surface area contributed by atoms with Crippen molar-refractivity contribution in [2.75, 3.05) is 26.7 Å². The molecule has 15 heavy (non-hydrogen) atoms. The minimum Gasteiger partial charge on any atom is -0.492 e. The number of nitriles is 1. The van der Waals surface area contributed by atoms with E-state index in [9.17, 15) is 0 Å². The van der Waals surface area contributed by atoms with Crippen molar-refractivity contribution in [3.63, 3.8) is 0 Å². The molecule has 3 nitrogen and oxygen atoms in total. The van der Waals surface area contributed by atoms with Crippen LogP contribution in [0.5, 0.6) is 5.75 Å². The molecule has 0 bridgehead atoms. The molecule has 80 valence electrons. The summed E-state index contributed by atoms with van der Waals surface area (Å²) in [5.74, 6) is 0.889. The maximum atomic E-state index is 8.46. The Morgan fingerprint density at radius 1 is 1.47 bits per heavy atom. The van der Waals surface area contributed by atoms with Crippen LogP contribution in [-0.4, -0.2) is 31.6 Å². The Morgan fingerprint density at radius 3 is 2.93 bits per heavy atom. The van der Waals surface area contributed by atoms with Gasteiger partial charge in [-0.05, 0) is 31.7 Å². The molecule has 0 fully saturated rings. The number of ether oxygens (including phenoxy) is 1. The van der Waals surface area contributed by atoms with Crippen LogP contribution in [0, 0.1) is 18.3 Å². The Bertz CT molecular complexity index is 344. The number of aryl methyl sites for hydroxylation is 1. The summed E-state index contributed by atoms with van der Waals surface area (Å²) in [6.07, 6.45) is 0. The fourth-order valence-corrected chi connectivity index (χ4v) is 1.22. The molecule has 0 N–H and O–H groups in total. The molecule has 1 rings (SSSR count). The Morgan fingerprint density at radius 2 is 2.27 bits per heavy atom. The summed E-state index contributed by atoms with van der Waals surface area (Å²) < 4.78 is 5.55. The van der Waals surface area contributed by atoms with E-state index in [1.54, 1.807) is 0 Å². The van der Waals surface area contributed by atoms with Crippen molar-refractivity contribution in [1.82, 2.24) is 4.90 Å². The van der Waals surface area contributed by atoms with Gasteiger partial charge in [0.05, 0.1) is 12.6 Å². The van der Waals surface area contributed by atoms with Crippen LogP contribution in [0.3, 0.4) is 0 Å². The van der Waals surface area contributed by atoms with Crippen LogP contribution in [0.25, 0.3) is 0 Å². The molecular weight excluding hydrogens is 188 g/mol. The van der Waals surface area contributed by atoms with E-state index in [-0.39, 0.29) is 0 Å². The van der Waals surface area contributed by atoms with Crippen molar-refractivity contribution in [1.29, 1.82) is 5.26 Å². The highest BCUT2D eigenvalue weighted by Crippen LogP contribution is 2.11. The largest absolute Gasteiger partial charge is 0.492 e. The Hall–Kier alpha value is -1.53. The molecule has 0 saturated carbocycles. The van der Waals surface area contributed by atoms with Crippen molar-refractivity contribution in [3.8, 4) is 11.8 Å². The maximum absolute atomic E-state index is 8.46. The summed E-state index contributed by atoms with van der Waals surface area (Å²) in [5.41, 5.74) is 1.19. The van der Waals surface area contributed by atoms with Gasteiger partial charge in [0.25, 0.3) is 0 Å². The van der Waals surface area contributed by atoms with Gasteiger partial charge in [-0.3, -0.25) is 4.90 Å². The van der Waals surface area contributed by atoms with Gasteiger partial charge in [-0.15, -0.1) is 0 Å². The molecule has 0 aliphatic carbocycles. The highest BCUT2D eigenvalue weighted by molar-refractivity contribution is 5.27. The predicted octanol–water partition coefficient (Wildman–Crippen LogP) is 1.83. The molecule has 0 amide bonds. The van der Waals surface area contributed by atoms with Crippen molar-refractivity contribution in [2.45, 2.75) is 6.92 Å². The summed E-state index contributed by atoms with van der Waals surface area (Å²) in [4.78, 5) is 1.93. The summed E-state index contributed by atoms with van der Waals surface area (Å²) in [6, 6.07) is 10.1. The number of rotatable bonds is 5. The highest BCUT2D eigenvalue weighted by atomic mass is 16.5. The number of likely N-dealkylation sites (N-methyl/N-ethyl adjacent to an activating group) is 1. The third-order valence-corrected chi connectivity index (χ3v) is 2.07. The molecule has 0 aromatic heterocycles. The van der Waals surface area contributed by atoms with Gasteiger partial charge >= 0.3 is 0 Å². The Kier molecular flexibility index (Phi) is 4.65. The van der Waals surface area contributed by atoms with E-state index in [0.29, 0.717) is 13.2 Å². The first-order valence-corrected chi connectivity index (χ1v) is 4.97. The molecule has 0 radical (unpaired) electrons. The first kappa shape index (κ1) is 11.5. The molecular formula is C12H16N2O. The second kappa shape index (κ2) is 6.05. The first-order chi connectivity index (χ1) is 7.22. The van der Waals surface area contributed by atoms with Crippen LogP contribution in [0.2, 0.25) is 0 Å². The van der Waals surface area contributed by atoms with Gasteiger partial charge in [-0.25, -0.2) is 0 Å². The van der Waals surface area contributed by atoms with Crippen molar-refractivity contribution in [2.24, 2.45) is 0 Å². The van der Waals surface area contributed by atoms with Crippen molar-refractivity contribution in [3.05, 3.63) is 29.8 Å². The number of nitrogens with zero attached hydrogens (tertiary/aromatic N) is 2. The predicted molar refractivity (Wildman–Crippen MR) is 59.8 cm³/mol. The zero-order valence-corrected chi connectivity index (χ0v) is 9.23. The quantitative estimate of drug-likeness (QED) is 0.686. The second-order valence-electron chi connectivity index (χ2n) is 3.56. The molecule has 0 unspecified atom stereocenters. The summed E-state index contributed by atoms with van der Waals surface area (Å²) in [6.45, 7) is 3.86. The smallest absolute Gasteiger partial charge is 0.119 e. The average molecular weight is 204 g/mol. The first-order valence-electron chi connectivity index (χ1n) is 4.97. The van der Waals surface area contributed by atoms with E-state index in [1.807, 2.05) is 43.1 Å². The zero-order valence-electron chi connectivity index (χ0n) is 9.23. The SMILES string of the molecule is Cc1cccc(OCCN(C)CC#N)c1. The standard InChI is InChI=1S/C12H16N2O/c1-11-4-3-5-12(10-11)15-9-8-14(2)7-6-13/h3-5,10H,7-9H2,1-2H3. The van der Waals surface area contributed by atoms with Gasteiger partial charge in [-0.2, -0.15) is 5.26 Å². The highest BCUT2D eigenvalue weighted by Gasteiger charge is 1.97. The molecule has 0 aliphatic heterocycles. The lowest BCUT2D eigenvalue weighted by Crippen LogP contribution is -2.24. The van der Waals surface area contributed by atoms with E-state index < -0.39 is 0 Å². The van der Waals surface area contributed by atoms with E-state index in [0.717, 1.165) is 12.3 Å². The monoisotopic (exact) mass is 204 g/mol. The van der Waals surface area contributed by atoms with Crippen LogP contribution >= 0.6 is 0 Å². The summed E-state index contributed by atoms with van der Waals surface area (Å²) >= 11 is 0. The maximum Gasteiger partial charge on any atom is 0.119 e. The van der Waals surface area contributed by atoms with Crippen molar-refractivity contribution >= 4 is 0 Å². The lowest BCUT2D eigenvalue weighted by atomic mass is 10.2. The summed E-state index contributed by atoms with van der Waals surface area (Å²) in [5, 5.41) is 8.46. The normalized spacial score (nSPS) is 10.0. The molecule has 0 atom stereocenters. The van der Waals surface area contributed by atoms with Crippen LogP contribution in [0.15, 0.2) is 24.3 Å². The van der Waals surface area contributed by atoms with Gasteiger partial charge < -0.3 is 4.74 Å². The lowest BCUT2D eigenvalue weighted by molar-refractivity contribution is 0.251.